The molecule has 76 valence electrons. The van der Waals surface area contributed by atoms with Gasteiger partial charge < -0.3 is 4.98 Å². The second kappa shape index (κ2) is 3.77. The molecule has 0 radical (unpaired) electrons. The Kier molecular flexibility index (Phi) is 2.63. The van der Waals surface area contributed by atoms with Crippen LogP contribution in [0.15, 0.2) is 4.79 Å². The van der Waals surface area contributed by atoms with Gasteiger partial charge in [0.1, 0.15) is 5.82 Å². The molecule has 0 amide bonds. The molecule has 1 aromatic heterocycles. The van der Waals surface area contributed by atoms with Gasteiger partial charge in [0.2, 0.25) is 0 Å². The number of fused-ring (bicyclic) bond motifs is 1. The molecule has 14 heavy (non-hydrogen) atoms. The largest absolute Gasteiger partial charge is 0.310 e. The Morgan fingerprint density at radius 1 is 1.50 bits per heavy atom. The zero-order chi connectivity index (χ0) is 10.1. The summed E-state index contributed by atoms with van der Waals surface area (Å²) in [6, 6.07) is 0. The van der Waals surface area contributed by atoms with Gasteiger partial charge in [-0.2, -0.15) is 11.8 Å². The van der Waals surface area contributed by atoms with Crippen LogP contribution in [0.4, 0.5) is 0 Å². The van der Waals surface area contributed by atoms with Crippen LogP contribution in [-0.2, 0) is 12.2 Å². The molecule has 0 atom stereocenters. The fraction of sp³-hybridized carbons (Fsp3) is 0.600. The summed E-state index contributed by atoms with van der Waals surface area (Å²) in [7, 11) is 0. The van der Waals surface area contributed by atoms with E-state index in [0.29, 0.717) is 5.92 Å². The molecule has 1 aliphatic heterocycles. The number of nitrogens with one attached hydrogen (secondary N) is 1. The highest BCUT2D eigenvalue weighted by molar-refractivity contribution is 7.98. The summed E-state index contributed by atoms with van der Waals surface area (Å²) in [6.07, 6.45) is 0.934. The zero-order valence-corrected chi connectivity index (χ0v) is 9.28. The van der Waals surface area contributed by atoms with E-state index in [-0.39, 0.29) is 5.56 Å². The average molecular weight is 210 g/mol. The summed E-state index contributed by atoms with van der Waals surface area (Å²) < 4.78 is 0. The van der Waals surface area contributed by atoms with Crippen LogP contribution in [0, 0.1) is 0 Å². The van der Waals surface area contributed by atoms with Gasteiger partial charge in [0.25, 0.3) is 5.56 Å². The van der Waals surface area contributed by atoms with Crippen molar-refractivity contribution in [1.29, 1.82) is 0 Å². The second-order valence-electron chi connectivity index (χ2n) is 3.83. The first kappa shape index (κ1) is 9.77. The Bertz CT molecular complexity index is 398. The average Bonchev–Trinajstić information content (AvgIpc) is 2.17. The van der Waals surface area contributed by atoms with Crippen LogP contribution in [0.25, 0.3) is 0 Å². The second-order valence-corrected chi connectivity index (χ2v) is 4.94. The predicted octanol–water partition coefficient (Wildman–Crippen LogP) is 1.68. The number of aryl methyl sites for hydroxylation is 1. The molecular weight excluding hydrogens is 196 g/mol. The maximum absolute atomic E-state index is 11.7. The van der Waals surface area contributed by atoms with Crippen molar-refractivity contribution in [3.8, 4) is 0 Å². The van der Waals surface area contributed by atoms with E-state index in [1.807, 2.05) is 13.8 Å². The van der Waals surface area contributed by atoms with Gasteiger partial charge in [-0.05, 0) is 12.2 Å². The number of aromatic amines is 1. The predicted molar refractivity (Wildman–Crippen MR) is 58.8 cm³/mol. The monoisotopic (exact) mass is 210 g/mol. The maximum atomic E-state index is 11.7. The third-order valence-corrected chi connectivity index (χ3v) is 3.38. The molecule has 0 bridgehead atoms. The number of thioether (sulfide) groups is 1. The minimum Gasteiger partial charge on any atom is -0.310 e. The molecule has 0 unspecified atom stereocenters. The first-order chi connectivity index (χ1) is 6.68. The number of aromatic nitrogens is 2. The van der Waals surface area contributed by atoms with Crippen LogP contribution in [0.5, 0.6) is 0 Å². The van der Waals surface area contributed by atoms with Crippen molar-refractivity contribution in [2.45, 2.75) is 31.9 Å². The Morgan fingerprint density at radius 3 is 3.00 bits per heavy atom. The quantitative estimate of drug-likeness (QED) is 0.767. The molecule has 3 nitrogen and oxygen atoms in total. The normalized spacial score (nSPS) is 15.6. The molecule has 0 aliphatic carbocycles. The molecule has 1 aliphatic rings. The zero-order valence-electron chi connectivity index (χ0n) is 8.46. The van der Waals surface area contributed by atoms with E-state index in [1.54, 1.807) is 11.8 Å². The molecular formula is C10H14N2OS. The lowest BCUT2D eigenvalue weighted by molar-refractivity contribution is 0.741. The molecule has 1 N–H and O–H groups in total. The van der Waals surface area contributed by atoms with E-state index in [4.69, 9.17) is 0 Å². The van der Waals surface area contributed by atoms with Gasteiger partial charge in [-0.15, -0.1) is 0 Å². The van der Waals surface area contributed by atoms with Crippen molar-refractivity contribution in [1.82, 2.24) is 9.97 Å². The van der Waals surface area contributed by atoms with Crippen molar-refractivity contribution in [2.75, 3.05) is 5.75 Å². The first-order valence-electron chi connectivity index (χ1n) is 4.88. The summed E-state index contributed by atoms with van der Waals surface area (Å²) in [4.78, 5) is 19.0. The highest BCUT2D eigenvalue weighted by atomic mass is 32.2. The Morgan fingerprint density at radius 2 is 2.29 bits per heavy atom. The third kappa shape index (κ3) is 1.71. The van der Waals surface area contributed by atoms with Gasteiger partial charge in [-0.3, -0.25) is 4.79 Å². The number of H-pyrrole nitrogens is 1. The number of rotatable bonds is 1. The molecule has 0 saturated heterocycles. The van der Waals surface area contributed by atoms with E-state index >= 15 is 0 Å². The topological polar surface area (TPSA) is 45.8 Å². The number of hydrogen-bond acceptors (Lipinski definition) is 3. The number of hydrogen-bond donors (Lipinski definition) is 1. The summed E-state index contributed by atoms with van der Waals surface area (Å²) in [6.45, 7) is 4.09. The van der Waals surface area contributed by atoms with E-state index in [9.17, 15) is 4.79 Å². The molecule has 0 spiro atoms. The van der Waals surface area contributed by atoms with Gasteiger partial charge in [0.15, 0.2) is 0 Å². The van der Waals surface area contributed by atoms with E-state index < -0.39 is 0 Å². The summed E-state index contributed by atoms with van der Waals surface area (Å²) in [5.41, 5.74) is 1.95. The summed E-state index contributed by atoms with van der Waals surface area (Å²) in [5.74, 6) is 3.01. The van der Waals surface area contributed by atoms with Gasteiger partial charge in [-0.25, -0.2) is 4.98 Å². The first-order valence-corrected chi connectivity index (χ1v) is 6.03. The molecule has 0 fully saturated rings. The molecule has 4 heteroatoms. The summed E-state index contributed by atoms with van der Waals surface area (Å²) >= 11 is 1.81. The van der Waals surface area contributed by atoms with Crippen LogP contribution in [0.1, 0.15) is 36.8 Å². The van der Waals surface area contributed by atoms with Crippen molar-refractivity contribution in [3.05, 3.63) is 27.4 Å². The highest BCUT2D eigenvalue weighted by Gasteiger charge is 2.16. The van der Waals surface area contributed by atoms with E-state index in [2.05, 4.69) is 9.97 Å². The minimum absolute atomic E-state index is 0.0610. The van der Waals surface area contributed by atoms with E-state index in [1.165, 1.54) is 0 Å². The fourth-order valence-electron chi connectivity index (χ4n) is 1.54. The van der Waals surface area contributed by atoms with Crippen molar-refractivity contribution < 1.29 is 0 Å². The third-order valence-electron chi connectivity index (χ3n) is 2.40. The van der Waals surface area contributed by atoms with Crippen LogP contribution in [-0.4, -0.2) is 15.7 Å². The van der Waals surface area contributed by atoms with Crippen molar-refractivity contribution in [3.63, 3.8) is 0 Å². The fourth-order valence-corrected chi connectivity index (χ4v) is 2.52. The van der Waals surface area contributed by atoms with Crippen LogP contribution >= 0.6 is 11.8 Å². The molecule has 0 saturated carbocycles. The Balaban J connectivity index is 2.52. The van der Waals surface area contributed by atoms with Gasteiger partial charge >= 0.3 is 0 Å². The van der Waals surface area contributed by atoms with Crippen molar-refractivity contribution in [2.24, 2.45) is 0 Å². The van der Waals surface area contributed by atoms with Gasteiger partial charge in [-0.1, -0.05) is 13.8 Å². The minimum atomic E-state index is 0.0610. The highest BCUT2D eigenvalue weighted by Crippen LogP contribution is 2.21. The molecule has 1 aromatic rings. The van der Waals surface area contributed by atoms with Crippen LogP contribution in [0.3, 0.4) is 0 Å². The molecule has 2 rings (SSSR count). The standard InChI is InChI=1S/C10H14N2OS/c1-6(2)9-11-8-3-4-14-5-7(8)10(13)12-9/h6H,3-5H2,1-2H3,(H,11,12,13). The van der Waals surface area contributed by atoms with Crippen LogP contribution in [0.2, 0.25) is 0 Å². The summed E-state index contributed by atoms with van der Waals surface area (Å²) in [5, 5.41) is 0. The lowest BCUT2D eigenvalue weighted by Gasteiger charge is -2.15. The molecule has 0 aromatic carbocycles. The van der Waals surface area contributed by atoms with E-state index in [0.717, 1.165) is 35.0 Å². The Hall–Kier alpha value is -0.770. The van der Waals surface area contributed by atoms with Gasteiger partial charge in [0.05, 0.1) is 5.69 Å². The van der Waals surface area contributed by atoms with Gasteiger partial charge in [0, 0.05) is 17.2 Å². The lowest BCUT2D eigenvalue weighted by atomic mass is 10.1. The molecule has 2 heterocycles. The smallest absolute Gasteiger partial charge is 0.255 e. The maximum Gasteiger partial charge on any atom is 0.255 e. The lowest BCUT2D eigenvalue weighted by Crippen LogP contribution is -2.23. The van der Waals surface area contributed by atoms with Crippen LogP contribution < -0.4 is 5.56 Å². The van der Waals surface area contributed by atoms with Crippen molar-refractivity contribution >= 4 is 11.8 Å². The number of nitrogens with zero attached hydrogens (tertiary/aromatic N) is 1. The Labute approximate surface area is 87.3 Å². The SMILES string of the molecule is CC(C)c1nc2c(c(=O)[nH]1)CSCC2.